The fraction of sp³-hybridized carbons (Fsp3) is 0. The summed E-state index contributed by atoms with van der Waals surface area (Å²) in [5, 5.41) is 7.64. The van der Waals surface area contributed by atoms with Gasteiger partial charge in [0.2, 0.25) is 0 Å². The van der Waals surface area contributed by atoms with E-state index in [0.29, 0.717) is 0 Å². The van der Waals surface area contributed by atoms with Gasteiger partial charge in [-0.2, -0.15) is 8.42 Å². The second kappa shape index (κ2) is 3.83. The first-order valence-corrected chi connectivity index (χ1v) is 3.05. The molecule has 0 aliphatic rings. The Morgan fingerprint density at radius 1 is 1.36 bits per heavy atom. The maximum atomic E-state index is 11.3. The fourth-order valence-electron chi connectivity index (χ4n) is 0.126. The zero-order chi connectivity index (χ0) is 8.36. The van der Waals surface area contributed by atoms with Crippen LogP contribution in [0.2, 0.25) is 0 Å². The van der Waals surface area contributed by atoms with E-state index in [9.17, 15) is 21.9 Å². The van der Waals surface area contributed by atoms with Gasteiger partial charge >= 0.3 is 22.4 Å². The van der Waals surface area contributed by atoms with Crippen molar-refractivity contribution in [3.63, 3.8) is 0 Å². The molecule has 0 fully saturated rings. The third-order valence-electron chi connectivity index (χ3n) is 0.350. The number of carbonyl (C=O) groups excluding carboxylic acids is 1. The van der Waals surface area contributed by atoms with Crippen LogP contribution in [-0.4, -0.2) is 25.5 Å². The summed E-state index contributed by atoms with van der Waals surface area (Å²) >= 11 is 0. The molecule has 7 nitrogen and oxygen atoms in total. The van der Waals surface area contributed by atoms with Crippen LogP contribution >= 0.6 is 0 Å². The number of carboxylic acid groups (broad SMARTS) is 1. The molecular formula is C2H4FNO6S. The molecule has 66 valence electrons. The Balaban J connectivity index is 0. The molecule has 0 aromatic carbocycles. The second-order valence-electron chi connectivity index (χ2n) is 1.07. The Morgan fingerprint density at radius 2 is 1.73 bits per heavy atom. The van der Waals surface area contributed by atoms with Crippen LogP contribution in [0.5, 0.6) is 0 Å². The number of halogens is 1. The molecule has 0 atom stereocenters. The monoisotopic (exact) mass is 189 g/mol. The zero-order valence-corrected chi connectivity index (χ0v) is 5.80. The van der Waals surface area contributed by atoms with Gasteiger partial charge in [-0.25, -0.2) is 9.59 Å². The van der Waals surface area contributed by atoms with Crippen molar-refractivity contribution in [2.24, 2.45) is 0 Å². The van der Waals surface area contributed by atoms with Crippen molar-refractivity contribution in [1.29, 1.82) is 0 Å². The molecule has 0 unspecified atom stereocenters. The van der Waals surface area contributed by atoms with Crippen molar-refractivity contribution in [2.45, 2.75) is 0 Å². The summed E-state index contributed by atoms with van der Waals surface area (Å²) in [5.74, 6) is -4.36. The normalized spacial score (nSPS) is 9.55. The first-order chi connectivity index (χ1) is 4.33. The van der Waals surface area contributed by atoms with Crippen LogP contribution in [0.15, 0.2) is 0 Å². The van der Waals surface area contributed by atoms with Gasteiger partial charge in [-0.15, -0.1) is 0 Å². The minimum Gasteiger partial charge on any atom is -0.473 e. The average Bonchev–Trinajstić information content (AvgIpc) is 1.60. The molecule has 0 rings (SSSR count). The van der Waals surface area contributed by atoms with E-state index in [1.54, 1.807) is 0 Å². The van der Waals surface area contributed by atoms with Crippen LogP contribution in [0.3, 0.4) is 0 Å². The van der Waals surface area contributed by atoms with Crippen LogP contribution < -0.4 is 6.15 Å². The van der Waals surface area contributed by atoms with Gasteiger partial charge < -0.3 is 15.4 Å². The van der Waals surface area contributed by atoms with Gasteiger partial charge in [0.1, 0.15) is 0 Å². The van der Waals surface area contributed by atoms with Gasteiger partial charge in [0, 0.05) is 0 Å². The molecule has 0 amide bonds. The number of carboxylic acids is 1. The molecule has 4 N–H and O–H groups in total. The molecule has 0 aliphatic carbocycles. The van der Waals surface area contributed by atoms with Crippen molar-refractivity contribution >= 4 is 22.4 Å². The molecule has 0 bridgehead atoms. The SMILES string of the molecule is N.O=C(O)C(=O)OS(=O)(=O)F. The molecule has 9 heteroatoms. The number of hydrogen-bond acceptors (Lipinski definition) is 6. The largest absolute Gasteiger partial charge is 0.491 e. The molecule has 0 spiro atoms. The van der Waals surface area contributed by atoms with Crippen LogP contribution in [0.4, 0.5) is 3.89 Å². The Bertz CT molecular complexity index is 256. The summed E-state index contributed by atoms with van der Waals surface area (Å²) < 4.78 is 32.8. The Hall–Kier alpha value is -1.22. The molecule has 0 radical (unpaired) electrons. The predicted molar refractivity (Wildman–Crippen MR) is 28.8 cm³/mol. The van der Waals surface area contributed by atoms with Crippen LogP contribution in [0.25, 0.3) is 0 Å². The van der Waals surface area contributed by atoms with Crippen LogP contribution in [-0.2, 0) is 24.3 Å². The van der Waals surface area contributed by atoms with Crippen molar-refractivity contribution in [1.82, 2.24) is 6.15 Å². The van der Waals surface area contributed by atoms with E-state index in [0.717, 1.165) is 0 Å². The lowest BCUT2D eigenvalue weighted by atomic mass is 10.7. The van der Waals surface area contributed by atoms with E-state index in [4.69, 9.17) is 5.11 Å². The van der Waals surface area contributed by atoms with Gasteiger partial charge in [0.25, 0.3) is 0 Å². The minimum absolute atomic E-state index is 0. The quantitative estimate of drug-likeness (QED) is 0.398. The highest BCUT2D eigenvalue weighted by molar-refractivity contribution is 7.82. The highest BCUT2D eigenvalue weighted by Gasteiger charge is 2.21. The van der Waals surface area contributed by atoms with E-state index in [2.05, 4.69) is 4.18 Å². The third-order valence-corrected chi connectivity index (χ3v) is 0.700. The van der Waals surface area contributed by atoms with E-state index < -0.39 is 22.4 Å². The lowest BCUT2D eigenvalue weighted by Gasteiger charge is -1.89. The molecule has 11 heavy (non-hydrogen) atoms. The van der Waals surface area contributed by atoms with Crippen LogP contribution in [0.1, 0.15) is 0 Å². The van der Waals surface area contributed by atoms with E-state index in [1.165, 1.54) is 0 Å². The maximum Gasteiger partial charge on any atom is 0.491 e. The maximum absolute atomic E-state index is 11.3. The summed E-state index contributed by atoms with van der Waals surface area (Å²) in [5.41, 5.74) is 0. The summed E-state index contributed by atoms with van der Waals surface area (Å²) in [6.07, 6.45) is 0. The number of carbonyl (C=O) groups is 2. The van der Waals surface area contributed by atoms with Crippen molar-refractivity contribution < 1.29 is 31.2 Å². The molecular weight excluding hydrogens is 185 g/mol. The molecule has 0 aromatic rings. The molecule has 0 aliphatic heterocycles. The first kappa shape index (κ1) is 12.5. The number of aliphatic carboxylic acids is 1. The minimum atomic E-state index is -5.50. The standard InChI is InChI=1S/C2HFO6S.H3N/c3-10(7,8)9-2(6)1(4)5;/h(H,4,5);1H3. The topological polar surface area (TPSA) is 133 Å². The van der Waals surface area contributed by atoms with Gasteiger partial charge in [-0.3, -0.25) is 0 Å². The smallest absolute Gasteiger partial charge is 0.473 e. The summed E-state index contributed by atoms with van der Waals surface area (Å²) in [6.45, 7) is 0. The van der Waals surface area contributed by atoms with Crippen molar-refractivity contribution in [3.8, 4) is 0 Å². The van der Waals surface area contributed by atoms with Gasteiger partial charge in [-0.05, 0) is 0 Å². The lowest BCUT2D eigenvalue weighted by molar-refractivity contribution is -0.157. The van der Waals surface area contributed by atoms with Gasteiger partial charge in [0.15, 0.2) is 0 Å². The molecule has 0 aromatic heterocycles. The summed E-state index contributed by atoms with van der Waals surface area (Å²) in [4.78, 5) is 19.2. The summed E-state index contributed by atoms with van der Waals surface area (Å²) in [6, 6.07) is 0. The summed E-state index contributed by atoms with van der Waals surface area (Å²) in [7, 11) is -5.50. The molecule has 0 saturated carbocycles. The Labute approximate surface area is 60.8 Å². The predicted octanol–water partition coefficient (Wildman–Crippen LogP) is -1.01. The third kappa shape index (κ3) is 6.67. The Morgan fingerprint density at radius 3 is 1.82 bits per heavy atom. The van der Waals surface area contributed by atoms with E-state index >= 15 is 0 Å². The van der Waals surface area contributed by atoms with Gasteiger partial charge in [-0.1, -0.05) is 3.89 Å². The van der Waals surface area contributed by atoms with E-state index in [-0.39, 0.29) is 6.15 Å². The number of rotatable bonds is 1. The van der Waals surface area contributed by atoms with Gasteiger partial charge in [0.05, 0.1) is 0 Å². The van der Waals surface area contributed by atoms with Crippen LogP contribution in [0, 0.1) is 0 Å². The molecule has 0 saturated heterocycles. The highest BCUT2D eigenvalue weighted by atomic mass is 32.3. The van der Waals surface area contributed by atoms with Crippen molar-refractivity contribution in [2.75, 3.05) is 0 Å². The average molecular weight is 189 g/mol. The van der Waals surface area contributed by atoms with E-state index in [1.807, 2.05) is 0 Å². The lowest BCUT2D eigenvalue weighted by Crippen LogP contribution is -2.18. The Kier molecular flexibility index (Phi) is 4.34. The number of hydrogen-bond donors (Lipinski definition) is 2. The fourth-order valence-corrected chi connectivity index (χ4v) is 0.378. The first-order valence-electron chi connectivity index (χ1n) is 1.74. The van der Waals surface area contributed by atoms with Crippen molar-refractivity contribution in [3.05, 3.63) is 0 Å². The zero-order valence-electron chi connectivity index (χ0n) is 4.98. The molecule has 0 heterocycles. The second-order valence-corrected chi connectivity index (χ2v) is 2.02. The highest BCUT2D eigenvalue weighted by Crippen LogP contribution is 1.93.